The summed E-state index contributed by atoms with van der Waals surface area (Å²) in [5, 5.41) is 8.38. The quantitative estimate of drug-likeness (QED) is 0.694. The van der Waals surface area contributed by atoms with Gasteiger partial charge in [0.05, 0.1) is 26.0 Å². The minimum atomic E-state index is -0.290. The number of fused-ring (bicyclic) bond motifs is 1. The van der Waals surface area contributed by atoms with Crippen molar-refractivity contribution >= 4 is 16.7 Å². The smallest absolute Gasteiger partial charge is 0.237 e. The average Bonchev–Trinajstić information content (AvgIpc) is 3.17. The van der Waals surface area contributed by atoms with Crippen LogP contribution in [0, 0.1) is 0 Å². The fraction of sp³-hybridized carbons (Fsp3) is 0.250. The molecule has 0 aliphatic heterocycles. The summed E-state index contributed by atoms with van der Waals surface area (Å²) in [7, 11) is 1.66. The van der Waals surface area contributed by atoms with E-state index >= 15 is 0 Å². The number of hydrogen-bond acceptors (Lipinski definition) is 4. The van der Waals surface area contributed by atoms with Crippen molar-refractivity contribution in [2.75, 3.05) is 7.11 Å². The molecule has 130 valence electrons. The minimum absolute atomic E-state index is 0.0538. The molecule has 3 aromatic rings. The van der Waals surface area contributed by atoms with Crippen LogP contribution in [-0.2, 0) is 17.9 Å². The first-order chi connectivity index (χ1) is 12.2. The number of furan rings is 1. The van der Waals surface area contributed by atoms with Gasteiger partial charge >= 0.3 is 0 Å². The number of nitrogens with one attached hydrogen (secondary N) is 2. The molecule has 2 aromatic carbocycles. The number of rotatable bonds is 7. The van der Waals surface area contributed by atoms with Crippen LogP contribution in [0.4, 0.5) is 0 Å². The molecule has 3 rings (SSSR count). The molecule has 2 N–H and O–H groups in total. The van der Waals surface area contributed by atoms with E-state index in [9.17, 15) is 4.79 Å². The maximum atomic E-state index is 12.1. The van der Waals surface area contributed by atoms with Gasteiger partial charge in [0, 0.05) is 6.54 Å². The highest BCUT2D eigenvalue weighted by molar-refractivity contribution is 5.84. The van der Waals surface area contributed by atoms with Gasteiger partial charge in [0.1, 0.15) is 11.5 Å². The lowest BCUT2D eigenvalue weighted by Crippen LogP contribution is -2.41. The fourth-order valence-corrected chi connectivity index (χ4v) is 2.61. The summed E-state index contributed by atoms with van der Waals surface area (Å²) >= 11 is 0. The first kappa shape index (κ1) is 17.0. The van der Waals surface area contributed by atoms with Crippen molar-refractivity contribution in [3.8, 4) is 5.75 Å². The highest BCUT2D eigenvalue weighted by Gasteiger charge is 2.12. The summed E-state index contributed by atoms with van der Waals surface area (Å²) in [6.07, 6.45) is 1.60. The van der Waals surface area contributed by atoms with Crippen LogP contribution in [0.25, 0.3) is 10.8 Å². The van der Waals surface area contributed by atoms with Crippen LogP contribution < -0.4 is 15.4 Å². The van der Waals surface area contributed by atoms with E-state index in [-0.39, 0.29) is 11.9 Å². The van der Waals surface area contributed by atoms with Gasteiger partial charge in [-0.15, -0.1) is 0 Å². The molecule has 0 bridgehead atoms. The van der Waals surface area contributed by atoms with E-state index in [4.69, 9.17) is 9.15 Å². The standard InChI is InChI=1S/C20H22N2O3/c1-14(20(23)22-13-19-4-3-9-25-19)21-12-15-5-6-17-11-18(24-2)8-7-16(17)10-15/h3-11,14,21H,12-13H2,1-2H3,(H,22,23). The van der Waals surface area contributed by atoms with Gasteiger partial charge in [-0.2, -0.15) is 0 Å². The van der Waals surface area contributed by atoms with E-state index in [0.717, 1.165) is 27.8 Å². The number of carbonyl (C=O) groups is 1. The van der Waals surface area contributed by atoms with E-state index in [1.54, 1.807) is 19.4 Å². The monoisotopic (exact) mass is 338 g/mol. The lowest BCUT2D eigenvalue weighted by atomic mass is 10.1. The zero-order valence-electron chi connectivity index (χ0n) is 14.4. The van der Waals surface area contributed by atoms with Crippen molar-refractivity contribution < 1.29 is 13.9 Å². The van der Waals surface area contributed by atoms with Gasteiger partial charge in [-0.25, -0.2) is 0 Å². The topological polar surface area (TPSA) is 63.5 Å². The van der Waals surface area contributed by atoms with Gasteiger partial charge in [0.15, 0.2) is 0 Å². The summed E-state index contributed by atoms with van der Waals surface area (Å²) in [6.45, 7) is 2.87. The number of carbonyl (C=O) groups excluding carboxylic acids is 1. The molecule has 1 amide bonds. The third kappa shape index (κ3) is 4.39. The predicted molar refractivity (Wildman–Crippen MR) is 97.4 cm³/mol. The Morgan fingerprint density at radius 2 is 1.92 bits per heavy atom. The van der Waals surface area contributed by atoms with E-state index in [1.165, 1.54) is 0 Å². The van der Waals surface area contributed by atoms with Gasteiger partial charge in [0.25, 0.3) is 0 Å². The number of ether oxygens (including phenoxy) is 1. The number of hydrogen-bond donors (Lipinski definition) is 2. The molecule has 1 atom stereocenters. The third-order valence-electron chi connectivity index (χ3n) is 4.13. The summed E-state index contributed by atoms with van der Waals surface area (Å²) in [5.41, 5.74) is 1.13. The Labute approximate surface area is 147 Å². The Hall–Kier alpha value is -2.79. The van der Waals surface area contributed by atoms with E-state index < -0.39 is 0 Å². The highest BCUT2D eigenvalue weighted by Crippen LogP contribution is 2.21. The van der Waals surface area contributed by atoms with Crippen molar-refractivity contribution in [1.29, 1.82) is 0 Å². The van der Waals surface area contributed by atoms with E-state index in [2.05, 4.69) is 28.8 Å². The molecule has 0 aliphatic carbocycles. The molecule has 0 saturated carbocycles. The first-order valence-electron chi connectivity index (χ1n) is 8.26. The SMILES string of the molecule is COc1ccc2cc(CNC(C)C(=O)NCc3ccco3)ccc2c1. The van der Waals surface area contributed by atoms with Crippen LogP contribution >= 0.6 is 0 Å². The number of benzene rings is 2. The zero-order chi connectivity index (χ0) is 17.6. The molecule has 1 heterocycles. The van der Waals surface area contributed by atoms with Crippen LogP contribution in [0.3, 0.4) is 0 Å². The molecule has 0 aliphatic rings. The normalized spacial score (nSPS) is 12.1. The molecule has 1 unspecified atom stereocenters. The van der Waals surface area contributed by atoms with Gasteiger partial charge in [0.2, 0.25) is 5.91 Å². The van der Waals surface area contributed by atoms with Crippen LogP contribution in [0.5, 0.6) is 5.75 Å². The molecule has 25 heavy (non-hydrogen) atoms. The Morgan fingerprint density at radius 3 is 2.68 bits per heavy atom. The van der Waals surface area contributed by atoms with Crippen molar-refractivity contribution in [3.63, 3.8) is 0 Å². The van der Waals surface area contributed by atoms with Crippen molar-refractivity contribution in [1.82, 2.24) is 10.6 Å². The Bertz CT molecular complexity index is 843. The zero-order valence-corrected chi connectivity index (χ0v) is 14.4. The maximum absolute atomic E-state index is 12.1. The fourth-order valence-electron chi connectivity index (χ4n) is 2.61. The van der Waals surface area contributed by atoms with Crippen molar-refractivity contribution in [3.05, 3.63) is 66.1 Å². The predicted octanol–water partition coefficient (Wildman–Crippen LogP) is 3.24. The Morgan fingerprint density at radius 1 is 1.12 bits per heavy atom. The largest absolute Gasteiger partial charge is 0.497 e. The van der Waals surface area contributed by atoms with Crippen LogP contribution in [0.1, 0.15) is 18.2 Å². The number of methoxy groups -OCH3 is 1. The summed E-state index contributed by atoms with van der Waals surface area (Å²) in [6, 6.07) is 15.6. The van der Waals surface area contributed by atoms with Crippen molar-refractivity contribution in [2.24, 2.45) is 0 Å². The van der Waals surface area contributed by atoms with E-state index in [1.807, 2.05) is 31.2 Å². The molecule has 0 radical (unpaired) electrons. The molecule has 0 spiro atoms. The molecule has 5 nitrogen and oxygen atoms in total. The van der Waals surface area contributed by atoms with E-state index in [0.29, 0.717) is 13.1 Å². The Balaban J connectivity index is 1.55. The summed E-state index contributed by atoms with van der Waals surface area (Å²) in [5.74, 6) is 1.53. The molecule has 0 fully saturated rings. The summed E-state index contributed by atoms with van der Waals surface area (Å²) < 4.78 is 10.5. The average molecular weight is 338 g/mol. The van der Waals surface area contributed by atoms with Crippen molar-refractivity contribution in [2.45, 2.75) is 26.1 Å². The Kier molecular flexibility index (Phi) is 5.36. The van der Waals surface area contributed by atoms with Gasteiger partial charge in [-0.1, -0.05) is 18.2 Å². The number of amides is 1. The lowest BCUT2D eigenvalue weighted by molar-refractivity contribution is -0.123. The van der Waals surface area contributed by atoms with Gasteiger partial charge in [-0.05, 0) is 53.6 Å². The van der Waals surface area contributed by atoms with Crippen LogP contribution in [0.2, 0.25) is 0 Å². The summed E-state index contributed by atoms with van der Waals surface area (Å²) in [4.78, 5) is 12.1. The maximum Gasteiger partial charge on any atom is 0.237 e. The molecule has 1 aromatic heterocycles. The lowest BCUT2D eigenvalue weighted by Gasteiger charge is -2.14. The molecular weight excluding hydrogens is 316 g/mol. The molecule has 5 heteroatoms. The van der Waals surface area contributed by atoms with Gasteiger partial charge < -0.3 is 19.8 Å². The minimum Gasteiger partial charge on any atom is -0.497 e. The molecular formula is C20H22N2O3. The third-order valence-corrected chi connectivity index (χ3v) is 4.13. The molecule has 0 saturated heterocycles. The second-order valence-electron chi connectivity index (χ2n) is 5.95. The van der Waals surface area contributed by atoms with Crippen LogP contribution in [-0.4, -0.2) is 19.1 Å². The second kappa shape index (κ2) is 7.85. The van der Waals surface area contributed by atoms with Crippen LogP contribution in [0.15, 0.2) is 59.2 Å². The highest BCUT2D eigenvalue weighted by atomic mass is 16.5. The van der Waals surface area contributed by atoms with Gasteiger partial charge in [-0.3, -0.25) is 4.79 Å². The first-order valence-corrected chi connectivity index (χ1v) is 8.26. The second-order valence-corrected chi connectivity index (χ2v) is 5.95.